The smallest absolute Gasteiger partial charge is 0.230 e. The van der Waals surface area contributed by atoms with Crippen LogP contribution in [0.15, 0.2) is 41.7 Å². The number of thioether (sulfide) groups is 1. The lowest BCUT2D eigenvalue weighted by Crippen LogP contribution is -2.33. The van der Waals surface area contributed by atoms with Gasteiger partial charge in [0.05, 0.1) is 28.9 Å². The van der Waals surface area contributed by atoms with Gasteiger partial charge in [0, 0.05) is 18.2 Å². The van der Waals surface area contributed by atoms with Crippen molar-refractivity contribution in [1.29, 1.82) is 0 Å². The minimum atomic E-state index is -0.0434. The Balaban J connectivity index is 1.39. The molecule has 0 aliphatic carbocycles. The molecule has 25 heavy (non-hydrogen) atoms. The number of imidazole rings is 1. The van der Waals surface area contributed by atoms with E-state index in [0.717, 1.165) is 23.3 Å². The Morgan fingerprint density at radius 1 is 1.44 bits per heavy atom. The van der Waals surface area contributed by atoms with Gasteiger partial charge in [0.1, 0.15) is 5.75 Å². The maximum absolute atomic E-state index is 12.3. The molecule has 4 rings (SSSR count). The zero-order valence-electron chi connectivity index (χ0n) is 13.2. The van der Waals surface area contributed by atoms with Crippen molar-refractivity contribution in [2.75, 3.05) is 12.4 Å². The average molecular weight is 375 g/mol. The van der Waals surface area contributed by atoms with Gasteiger partial charge >= 0.3 is 0 Å². The van der Waals surface area contributed by atoms with E-state index < -0.39 is 0 Å². The first kappa shape index (κ1) is 16.2. The fourth-order valence-corrected chi connectivity index (χ4v) is 3.62. The number of hydrogen-bond acceptors (Lipinski definition) is 5. The summed E-state index contributed by atoms with van der Waals surface area (Å²) in [6.07, 6.45) is 2.31. The van der Waals surface area contributed by atoms with Gasteiger partial charge in [0.25, 0.3) is 0 Å². The Morgan fingerprint density at radius 3 is 3.24 bits per heavy atom. The van der Waals surface area contributed by atoms with Crippen molar-refractivity contribution in [1.82, 2.24) is 20.3 Å². The summed E-state index contributed by atoms with van der Waals surface area (Å²) < 4.78 is 5.62. The number of nitrogens with one attached hydrogen (secondary N) is 2. The number of aromatic amines is 1. The van der Waals surface area contributed by atoms with Crippen molar-refractivity contribution < 1.29 is 9.53 Å². The molecule has 2 aromatic heterocycles. The first-order valence-electron chi connectivity index (χ1n) is 7.84. The van der Waals surface area contributed by atoms with E-state index in [1.54, 1.807) is 12.3 Å². The van der Waals surface area contributed by atoms with Crippen LogP contribution in [0.2, 0.25) is 5.02 Å². The number of fused-ring (bicyclic) bond motifs is 2. The highest BCUT2D eigenvalue weighted by atomic mass is 35.5. The third-order valence-electron chi connectivity index (χ3n) is 3.92. The minimum Gasteiger partial charge on any atom is -0.493 e. The summed E-state index contributed by atoms with van der Waals surface area (Å²) in [7, 11) is 0. The molecule has 0 saturated heterocycles. The number of rotatable bonds is 4. The third kappa shape index (κ3) is 3.57. The van der Waals surface area contributed by atoms with Gasteiger partial charge in [-0.1, -0.05) is 41.6 Å². The molecule has 3 aromatic rings. The fraction of sp³-hybridized carbons (Fsp3) is 0.235. The molecule has 0 unspecified atom stereocenters. The molecule has 0 radical (unpaired) electrons. The van der Waals surface area contributed by atoms with Gasteiger partial charge in [-0.3, -0.25) is 4.79 Å². The molecule has 128 valence electrons. The Morgan fingerprint density at radius 2 is 2.32 bits per heavy atom. The number of hydrogen-bond donors (Lipinski definition) is 2. The molecule has 1 aliphatic rings. The first-order chi connectivity index (χ1) is 12.2. The van der Waals surface area contributed by atoms with Crippen molar-refractivity contribution >= 4 is 40.4 Å². The highest BCUT2D eigenvalue weighted by Gasteiger charge is 2.22. The number of pyridine rings is 1. The molecule has 1 amide bonds. The van der Waals surface area contributed by atoms with Gasteiger partial charge in [0.15, 0.2) is 10.8 Å². The Kier molecular flexibility index (Phi) is 4.50. The van der Waals surface area contributed by atoms with Crippen LogP contribution in [0.1, 0.15) is 18.0 Å². The number of carbonyl (C=O) groups excluding carboxylic acids is 1. The van der Waals surface area contributed by atoms with E-state index in [1.807, 2.05) is 24.3 Å². The van der Waals surface area contributed by atoms with Crippen LogP contribution in [0.3, 0.4) is 0 Å². The van der Waals surface area contributed by atoms with Gasteiger partial charge in [-0.15, -0.1) is 0 Å². The zero-order valence-corrected chi connectivity index (χ0v) is 14.7. The third-order valence-corrected chi connectivity index (χ3v) is 5.00. The van der Waals surface area contributed by atoms with Crippen LogP contribution < -0.4 is 10.1 Å². The topological polar surface area (TPSA) is 79.9 Å². The maximum Gasteiger partial charge on any atom is 0.230 e. The number of aromatic nitrogens is 3. The number of benzene rings is 1. The molecule has 2 N–H and O–H groups in total. The number of nitrogens with zero attached hydrogens (tertiary/aromatic N) is 2. The van der Waals surface area contributed by atoms with Crippen LogP contribution in [0.5, 0.6) is 5.75 Å². The molecule has 1 aliphatic heterocycles. The Bertz CT molecular complexity index is 930. The molecule has 1 aromatic carbocycles. The summed E-state index contributed by atoms with van der Waals surface area (Å²) in [5.74, 6) is 1.07. The van der Waals surface area contributed by atoms with Gasteiger partial charge in [-0.05, 0) is 12.1 Å². The van der Waals surface area contributed by atoms with Gasteiger partial charge in [-0.25, -0.2) is 9.97 Å². The van der Waals surface area contributed by atoms with E-state index in [0.29, 0.717) is 22.4 Å². The van der Waals surface area contributed by atoms with Crippen molar-refractivity contribution in [3.63, 3.8) is 0 Å². The van der Waals surface area contributed by atoms with Crippen LogP contribution >= 0.6 is 23.4 Å². The van der Waals surface area contributed by atoms with Crippen LogP contribution in [-0.2, 0) is 4.79 Å². The molecule has 0 saturated carbocycles. The molecule has 6 nitrogen and oxygen atoms in total. The predicted octanol–water partition coefficient (Wildman–Crippen LogP) is 3.34. The number of amides is 1. The largest absolute Gasteiger partial charge is 0.493 e. The zero-order chi connectivity index (χ0) is 17.2. The lowest BCUT2D eigenvalue weighted by atomic mass is 10.0. The number of carbonyl (C=O) groups is 1. The normalized spacial score (nSPS) is 16.3. The average Bonchev–Trinajstić information content (AvgIpc) is 3.02. The number of para-hydroxylation sites is 1. The Hall–Kier alpha value is -2.25. The second-order valence-electron chi connectivity index (χ2n) is 5.65. The van der Waals surface area contributed by atoms with E-state index in [4.69, 9.17) is 16.3 Å². The van der Waals surface area contributed by atoms with Crippen molar-refractivity contribution in [3.05, 3.63) is 47.1 Å². The highest BCUT2D eigenvalue weighted by molar-refractivity contribution is 7.99. The Labute approximate surface area is 153 Å². The van der Waals surface area contributed by atoms with E-state index >= 15 is 0 Å². The molecule has 8 heteroatoms. The SMILES string of the molecule is O=C(CSc1nc2ncc(Cl)cc2[nH]1)N[C@@H]1CCOc2ccccc21. The standard InChI is InChI=1S/C17H15ClN4O2S/c18-10-7-13-16(19-8-10)22-17(21-13)25-9-15(23)20-12-5-6-24-14-4-2-1-3-11(12)14/h1-4,7-8,12H,5-6,9H2,(H,20,23)(H,19,21,22)/t12-/m1/s1. The highest BCUT2D eigenvalue weighted by Crippen LogP contribution is 2.31. The summed E-state index contributed by atoms with van der Waals surface area (Å²) >= 11 is 7.25. The quantitative estimate of drug-likeness (QED) is 0.684. The molecular weight excluding hydrogens is 360 g/mol. The van der Waals surface area contributed by atoms with Gasteiger partial charge in [0.2, 0.25) is 5.91 Å². The van der Waals surface area contributed by atoms with E-state index in [9.17, 15) is 4.79 Å². The number of H-pyrrole nitrogens is 1. The minimum absolute atomic E-state index is 0.0193. The van der Waals surface area contributed by atoms with E-state index in [2.05, 4.69) is 20.3 Å². The number of halogens is 1. The van der Waals surface area contributed by atoms with Gasteiger partial charge in [-0.2, -0.15) is 0 Å². The van der Waals surface area contributed by atoms with Crippen molar-refractivity contribution in [3.8, 4) is 5.75 Å². The fourth-order valence-electron chi connectivity index (χ4n) is 2.78. The van der Waals surface area contributed by atoms with Crippen molar-refractivity contribution in [2.24, 2.45) is 0 Å². The summed E-state index contributed by atoms with van der Waals surface area (Å²) in [6.45, 7) is 0.602. The lowest BCUT2D eigenvalue weighted by Gasteiger charge is -2.26. The van der Waals surface area contributed by atoms with Gasteiger partial charge < -0.3 is 15.0 Å². The van der Waals surface area contributed by atoms with Crippen LogP contribution in [0, 0.1) is 0 Å². The van der Waals surface area contributed by atoms with E-state index in [-0.39, 0.29) is 17.7 Å². The first-order valence-corrected chi connectivity index (χ1v) is 9.20. The predicted molar refractivity (Wildman–Crippen MR) is 97.1 cm³/mol. The van der Waals surface area contributed by atoms with Crippen LogP contribution in [0.4, 0.5) is 0 Å². The van der Waals surface area contributed by atoms with Crippen LogP contribution in [0.25, 0.3) is 11.2 Å². The lowest BCUT2D eigenvalue weighted by molar-refractivity contribution is -0.119. The summed E-state index contributed by atoms with van der Waals surface area (Å²) in [5, 5.41) is 4.26. The van der Waals surface area contributed by atoms with Crippen LogP contribution in [-0.4, -0.2) is 33.2 Å². The molecular formula is C17H15ClN4O2S. The summed E-state index contributed by atoms with van der Waals surface area (Å²) in [6, 6.07) is 9.54. The number of ether oxygens (including phenoxy) is 1. The maximum atomic E-state index is 12.3. The van der Waals surface area contributed by atoms with Crippen molar-refractivity contribution in [2.45, 2.75) is 17.6 Å². The molecule has 0 bridgehead atoms. The second kappa shape index (κ2) is 6.93. The van der Waals surface area contributed by atoms with E-state index in [1.165, 1.54) is 11.8 Å². The molecule has 0 spiro atoms. The summed E-state index contributed by atoms with van der Waals surface area (Å²) in [4.78, 5) is 23.9. The molecule has 3 heterocycles. The monoisotopic (exact) mass is 374 g/mol. The second-order valence-corrected chi connectivity index (χ2v) is 7.05. The summed E-state index contributed by atoms with van der Waals surface area (Å²) in [5.41, 5.74) is 2.37. The molecule has 0 fully saturated rings. The molecule has 1 atom stereocenters.